The molecule has 0 amide bonds. The Kier molecular flexibility index (Phi) is 5.05. The zero-order valence-corrected chi connectivity index (χ0v) is 9.40. The first kappa shape index (κ1) is 11.9. The van der Waals surface area contributed by atoms with Gasteiger partial charge in [0.25, 0.3) is 0 Å². The van der Waals surface area contributed by atoms with E-state index in [4.69, 9.17) is 4.74 Å². The summed E-state index contributed by atoms with van der Waals surface area (Å²) in [7, 11) is 0. The lowest BCUT2D eigenvalue weighted by Crippen LogP contribution is -2.08. The Morgan fingerprint density at radius 1 is 1.27 bits per heavy atom. The summed E-state index contributed by atoms with van der Waals surface area (Å²) in [4.78, 5) is 11.6. The van der Waals surface area contributed by atoms with Crippen LogP contribution in [0.4, 0.5) is 0 Å². The van der Waals surface area contributed by atoms with Crippen molar-refractivity contribution in [1.82, 2.24) is 0 Å². The minimum Gasteiger partial charge on any atom is -0.381 e. The Hall–Kier alpha value is -1.15. The fourth-order valence-corrected chi connectivity index (χ4v) is 1.25. The number of ether oxygens (including phenoxy) is 1. The molecule has 0 aliphatic rings. The minimum atomic E-state index is 0.152. The summed E-state index contributed by atoms with van der Waals surface area (Å²) in [5.41, 5.74) is 0.769. The first-order chi connectivity index (χ1) is 7.20. The number of carbonyl (C=O) groups is 1. The molecular weight excluding hydrogens is 188 g/mol. The minimum absolute atomic E-state index is 0.152. The van der Waals surface area contributed by atoms with Gasteiger partial charge in [-0.25, -0.2) is 0 Å². The Morgan fingerprint density at radius 3 is 2.53 bits per heavy atom. The van der Waals surface area contributed by atoms with Crippen molar-refractivity contribution in [2.24, 2.45) is 5.92 Å². The number of benzene rings is 1. The lowest BCUT2D eigenvalue weighted by Gasteiger charge is -2.06. The largest absolute Gasteiger partial charge is 0.381 e. The van der Waals surface area contributed by atoms with Crippen LogP contribution in [0.25, 0.3) is 0 Å². The van der Waals surface area contributed by atoms with Crippen LogP contribution in [0.1, 0.15) is 30.6 Å². The van der Waals surface area contributed by atoms with Gasteiger partial charge in [-0.2, -0.15) is 0 Å². The van der Waals surface area contributed by atoms with Crippen molar-refractivity contribution in [3.63, 3.8) is 0 Å². The van der Waals surface area contributed by atoms with Crippen LogP contribution in [-0.2, 0) is 4.74 Å². The van der Waals surface area contributed by atoms with Gasteiger partial charge < -0.3 is 4.74 Å². The lowest BCUT2D eigenvalue weighted by molar-refractivity contribution is 0.0824. The quantitative estimate of drug-likeness (QED) is 0.528. The molecule has 0 spiro atoms. The van der Waals surface area contributed by atoms with E-state index in [1.807, 2.05) is 30.3 Å². The Bertz CT molecular complexity index is 291. The molecule has 1 aromatic carbocycles. The van der Waals surface area contributed by atoms with Crippen molar-refractivity contribution in [3.8, 4) is 0 Å². The van der Waals surface area contributed by atoms with E-state index in [1.54, 1.807) is 0 Å². The molecule has 0 N–H and O–H groups in total. The highest BCUT2D eigenvalue weighted by atomic mass is 16.5. The zero-order valence-electron chi connectivity index (χ0n) is 9.40. The summed E-state index contributed by atoms with van der Waals surface area (Å²) in [6.07, 6.45) is 0.469. The number of hydrogen-bond donors (Lipinski definition) is 0. The molecule has 0 aliphatic carbocycles. The average molecular weight is 206 g/mol. The van der Waals surface area contributed by atoms with E-state index in [-0.39, 0.29) is 5.78 Å². The van der Waals surface area contributed by atoms with E-state index in [0.29, 0.717) is 18.9 Å². The molecule has 0 heterocycles. The summed E-state index contributed by atoms with van der Waals surface area (Å²) in [6, 6.07) is 9.34. The van der Waals surface area contributed by atoms with Crippen molar-refractivity contribution in [2.45, 2.75) is 20.3 Å². The number of carbonyl (C=O) groups excluding carboxylic acids is 1. The van der Waals surface area contributed by atoms with Crippen LogP contribution >= 0.6 is 0 Å². The van der Waals surface area contributed by atoms with Gasteiger partial charge in [0.1, 0.15) is 0 Å². The van der Waals surface area contributed by atoms with Gasteiger partial charge in [-0.15, -0.1) is 0 Å². The molecule has 1 rings (SSSR count). The molecule has 0 fully saturated rings. The van der Waals surface area contributed by atoms with Crippen LogP contribution in [0, 0.1) is 5.92 Å². The number of hydrogen-bond acceptors (Lipinski definition) is 2. The van der Waals surface area contributed by atoms with Gasteiger partial charge >= 0.3 is 0 Å². The standard InChI is InChI=1S/C13H18O2/c1-11(2)10-15-9-8-13(14)12-6-4-3-5-7-12/h3-7,11H,8-10H2,1-2H3. The van der Waals surface area contributed by atoms with Crippen molar-refractivity contribution in [1.29, 1.82) is 0 Å². The summed E-state index contributed by atoms with van der Waals surface area (Å²) >= 11 is 0. The number of rotatable bonds is 6. The highest BCUT2D eigenvalue weighted by Crippen LogP contribution is 2.03. The van der Waals surface area contributed by atoms with Crippen molar-refractivity contribution < 1.29 is 9.53 Å². The Labute approximate surface area is 91.3 Å². The topological polar surface area (TPSA) is 26.3 Å². The molecule has 0 unspecified atom stereocenters. The fourth-order valence-electron chi connectivity index (χ4n) is 1.25. The second-order valence-electron chi connectivity index (χ2n) is 4.01. The molecule has 82 valence electrons. The molecule has 1 aromatic rings. The molecule has 0 saturated carbocycles. The van der Waals surface area contributed by atoms with Crippen LogP contribution in [0.5, 0.6) is 0 Å². The first-order valence-corrected chi connectivity index (χ1v) is 5.36. The third kappa shape index (κ3) is 4.75. The highest BCUT2D eigenvalue weighted by molar-refractivity contribution is 5.96. The molecule has 2 heteroatoms. The van der Waals surface area contributed by atoms with Gasteiger partial charge in [-0.1, -0.05) is 44.2 Å². The molecular formula is C13H18O2. The van der Waals surface area contributed by atoms with Crippen LogP contribution in [0.3, 0.4) is 0 Å². The van der Waals surface area contributed by atoms with Crippen LogP contribution in [0.2, 0.25) is 0 Å². The van der Waals surface area contributed by atoms with Gasteiger partial charge in [-0.3, -0.25) is 4.79 Å². The van der Waals surface area contributed by atoms with E-state index >= 15 is 0 Å². The van der Waals surface area contributed by atoms with Gasteiger partial charge in [-0.05, 0) is 5.92 Å². The molecule has 0 saturated heterocycles. The summed E-state index contributed by atoms with van der Waals surface area (Å²) in [5.74, 6) is 0.677. The van der Waals surface area contributed by atoms with E-state index in [1.165, 1.54) is 0 Å². The third-order valence-corrected chi connectivity index (χ3v) is 2.02. The Morgan fingerprint density at radius 2 is 1.93 bits per heavy atom. The molecule has 0 atom stereocenters. The maximum Gasteiger partial charge on any atom is 0.165 e. The average Bonchev–Trinajstić information content (AvgIpc) is 2.25. The van der Waals surface area contributed by atoms with Crippen molar-refractivity contribution in [2.75, 3.05) is 13.2 Å². The monoisotopic (exact) mass is 206 g/mol. The van der Waals surface area contributed by atoms with E-state index in [0.717, 1.165) is 12.2 Å². The maximum absolute atomic E-state index is 11.6. The second-order valence-corrected chi connectivity index (χ2v) is 4.01. The van der Waals surface area contributed by atoms with Crippen molar-refractivity contribution in [3.05, 3.63) is 35.9 Å². The molecule has 2 nitrogen and oxygen atoms in total. The van der Waals surface area contributed by atoms with Crippen LogP contribution in [0.15, 0.2) is 30.3 Å². The Balaban J connectivity index is 2.25. The van der Waals surface area contributed by atoms with Gasteiger partial charge in [0.05, 0.1) is 6.61 Å². The normalized spacial score (nSPS) is 10.6. The van der Waals surface area contributed by atoms with Crippen molar-refractivity contribution >= 4 is 5.78 Å². The zero-order chi connectivity index (χ0) is 11.1. The third-order valence-electron chi connectivity index (χ3n) is 2.02. The summed E-state index contributed by atoms with van der Waals surface area (Å²) in [6.45, 7) is 5.44. The SMILES string of the molecule is CC(C)COCCC(=O)c1ccccc1. The summed E-state index contributed by atoms with van der Waals surface area (Å²) in [5, 5.41) is 0. The van der Waals surface area contributed by atoms with Gasteiger partial charge in [0.2, 0.25) is 0 Å². The molecule has 0 bridgehead atoms. The second kappa shape index (κ2) is 6.36. The maximum atomic E-state index is 11.6. The predicted octanol–water partition coefficient (Wildman–Crippen LogP) is 2.93. The van der Waals surface area contributed by atoms with Gasteiger partial charge in [0, 0.05) is 18.6 Å². The molecule has 0 aromatic heterocycles. The molecule has 15 heavy (non-hydrogen) atoms. The van der Waals surface area contributed by atoms with Crippen LogP contribution in [-0.4, -0.2) is 19.0 Å². The van der Waals surface area contributed by atoms with Crippen LogP contribution < -0.4 is 0 Å². The molecule has 0 aliphatic heterocycles. The number of Topliss-reactive ketones (excluding diaryl/α,β-unsaturated/α-hetero) is 1. The molecule has 0 radical (unpaired) electrons. The number of ketones is 1. The summed E-state index contributed by atoms with van der Waals surface area (Å²) < 4.78 is 5.37. The van der Waals surface area contributed by atoms with Gasteiger partial charge in [0.15, 0.2) is 5.78 Å². The van der Waals surface area contributed by atoms with E-state index < -0.39 is 0 Å². The fraction of sp³-hybridized carbons (Fsp3) is 0.462. The van der Waals surface area contributed by atoms with E-state index in [2.05, 4.69) is 13.8 Å². The predicted molar refractivity (Wildman–Crippen MR) is 61.0 cm³/mol. The van der Waals surface area contributed by atoms with E-state index in [9.17, 15) is 4.79 Å². The first-order valence-electron chi connectivity index (χ1n) is 5.36. The smallest absolute Gasteiger partial charge is 0.165 e. The lowest BCUT2D eigenvalue weighted by atomic mass is 10.1. The highest BCUT2D eigenvalue weighted by Gasteiger charge is 2.04.